The Hall–Kier alpha value is -2.58. The van der Waals surface area contributed by atoms with Crippen LogP contribution in [0.5, 0.6) is 0 Å². The molecule has 1 aliphatic rings. The molecule has 1 aromatic carbocycles. The van der Waals surface area contributed by atoms with E-state index in [1.54, 1.807) is 0 Å². The second kappa shape index (κ2) is 7.12. The molecule has 0 bridgehead atoms. The molecule has 0 aliphatic heterocycles. The minimum absolute atomic E-state index is 0.0544. The number of nitrogens with zero attached hydrogens (tertiary/aromatic N) is 2. The molecule has 0 heterocycles. The van der Waals surface area contributed by atoms with E-state index >= 15 is 0 Å². The summed E-state index contributed by atoms with van der Waals surface area (Å²) in [7, 11) is 0. The number of allylic oxidation sites excluding steroid dienone is 5. The third-order valence-electron chi connectivity index (χ3n) is 4.52. The normalized spacial score (nSPS) is 16.9. The molecule has 1 aliphatic carbocycles. The Bertz CT molecular complexity index is 795. The summed E-state index contributed by atoms with van der Waals surface area (Å²) < 4.78 is 0. The van der Waals surface area contributed by atoms with Crippen molar-refractivity contribution < 1.29 is 0 Å². The van der Waals surface area contributed by atoms with Gasteiger partial charge < -0.3 is 0 Å². The fourth-order valence-electron chi connectivity index (χ4n) is 3.19. The Morgan fingerprint density at radius 3 is 2.12 bits per heavy atom. The Balaban J connectivity index is 2.29. The molecule has 0 saturated carbocycles. The smallest absolute Gasteiger partial charge is 0.132 e. The molecule has 0 saturated heterocycles. The second-order valence-electron chi connectivity index (χ2n) is 8.57. The van der Waals surface area contributed by atoms with Gasteiger partial charge >= 0.3 is 0 Å². The summed E-state index contributed by atoms with van der Waals surface area (Å²) in [6.45, 7) is 11.0. The first-order valence-corrected chi connectivity index (χ1v) is 8.67. The molecule has 0 unspecified atom stereocenters. The van der Waals surface area contributed by atoms with Gasteiger partial charge in [-0.2, -0.15) is 10.5 Å². The molecule has 1 aromatic rings. The molecule has 2 heteroatoms. The van der Waals surface area contributed by atoms with Gasteiger partial charge in [0.25, 0.3) is 0 Å². The predicted octanol–water partition coefficient (Wildman–Crippen LogP) is 6.09. The van der Waals surface area contributed by atoms with Crippen LogP contribution in [0.4, 0.5) is 0 Å². The maximum absolute atomic E-state index is 9.16. The van der Waals surface area contributed by atoms with Crippen LogP contribution in [0.2, 0.25) is 0 Å². The van der Waals surface area contributed by atoms with E-state index in [0.717, 1.165) is 29.6 Å². The highest BCUT2D eigenvalue weighted by Crippen LogP contribution is 2.39. The van der Waals surface area contributed by atoms with E-state index in [1.807, 2.05) is 18.2 Å². The highest BCUT2D eigenvalue weighted by Gasteiger charge is 2.26. The van der Waals surface area contributed by atoms with E-state index in [2.05, 4.69) is 71.0 Å². The topological polar surface area (TPSA) is 47.6 Å². The van der Waals surface area contributed by atoms with Gasteiger partial charge in [-0.3, -0.25) is 0 Å². The summed E-state index contributed by atoms with van der Waals surface area (Å²) in [4.78, 5) is 0. The van der Waals surface area contributed by atoms with Crippen LogP contribution in [0.3, 0.4) is 0 Å². The molecule has 2 nitrogen and oxygen atoms in total. The predicted molar refractivity (Wildman–Crippen MR) is 104 cm³/mol. The van der Waals surface area contributed by atoms with E-state index in [-0.39, 0.29) is 16.4 Å². The van der Waals surface area contributed by atoms with Crippen molar-refractivity contribution in [2.24, 2.45) is 5.41 Å². The van der Waals surface area contributed by atoms with Gasteiger partial charge in [-0.25, -0.2) is 0 Å². The fraction of sp³-hybridized carbons (Fsp3) is 0.391. The van der Waals surface area contributed by atoms with E-state index in [1.165, 1.54) is 5.56 Å². The lowest BCUT2D eigenvalue weighted by Gasteiger charge is -2.30. The van der Waals surface area contributed by atoms with Crippen LogP contribution in [0.15, 0.2) is 53.1 Å². The minimum Gasteiger partial charge on any atom is -0.192 e. The number of hydrogen-bond acceptors (Lipinski definition) is 2. The van der Waals surface area contributed by atoms with Crippen molar-refractivity contribution >= 4 is 6.08 Å². The quantitative estimate of drug-likeness (QED) is 0.616. The third kappa shape index (κ3) is 4.94. The minimum atomic E-state index is 0.0544. The molecule has 0 amide bonds. The summed E-state index contributed by atoms with van der Waals surface area (Å²) in [5.74, 6) is 0. The summed E-state index contributed by atoms with van der Waals surface area (Å²) in [5, 5.41) is 18.3. The summed E-state index contributed by atoms with van der Waals surface area (Å²) in [6.07, 6.45) is 7.93. The average molecular weight is 330 g/mol. The molecule has 0 radical (unpaired) electrons. The van der Waals surface area contributed by atoms with Crippen molar-refractivity contribution in [1.29, 1.82) is 10.5 Å². The zero-order chi connectivity index (χ0) is 18.7. The van der Waals surface area contributed by atoms with Crippen LogP contribution in [-0.4, -0.2) is 0 Å². The molecular weight excluding hydrogens is 304 g/mol. The maximum Gasteiger partial charge on any atom is 0.132 e. The summed E-state index contributed by atoms with van der Waals surface area (Å²) >= 11 is 0. The molecular formula is C23H26N2. The zero-order valence-corrected chi connectivity index (χ0v) is 15.9. The first-order chi connectivity index (χ1) is 11.6. The first-order valence-electron chi connectivity index (χ1n) is 8.67. The molecule has 0 N–H and O–H groups in total. The van der Waals surface area contributed by atoms with Gasteiger partial charge in [0, 0.05) is 0 Å². The summed E-state index contributed by atoms with van der Waals surface area (Å²) in [5.41, 5.74) is 4.93. The van der Waals surface area contributed by atoms with Crippen molar-refractivity contribution in [3.63, 3.8) is 0 Å². The van der Waals surface area contributed by atoms with Crippen LogP contribution < -0.4 is 0 Å². The number of rotatable bonds is 2. The van der Waals surface area contributed by atoms with Gasteiger partial charge in [0.2, 0.25) is 0 Å². The molecule has 0 atom stereocenters. The van der Waals surface area contributed by atoms with E-state index < -0.39 is 0 Å². The van der Waals surface area contributed by atoms with E-state index in [4.69, 9.17) is 10.5 Å². The van der Waals surface area contributed by atoms with Gasteiger partial charge in [0.1, 0.15) is 17.7 Å². The SMILES string of the molecule is CC1(C)CC(/C=C/c2ccc(C(C)(C)C)cc2)=CC(=C(C#N)C#N)C1. The van der Waals surface area contributed by atoms with Crippen LogP contribution in [-0.2, 0) is 5.41 Å². The average Bonchev–Trinajstić information content (AvgIpc) is 2.52. The van der Waals surface area contributed by atoms with Crippen molar-refractivity contribution in [3.05, 3.63) is 64.3 Å². The Labute approximate surface area is 151 Å². The van der Waals surface area contributed by atoms with Crippen LogP contribution in [0.25, 0.3) is 6.08 Å². The van der Waals surface area contributed by atoms with Gasteiger partial charge in [0.15, 0.2) is 0 Å². The maximum atomic E-state index is 9.16. The van der Waals surface area contributed by atoms with Crippen molar-refractivity contribution in [3.8, 4) is 12.1 Å². The Kier molecular flexibility index (Phi) is 5.34. The van der Waals surface area contributed by atoms with Gasteiger partial charge in [-0.05, 0) is 45.9 Å². The van der Waals surface area contributed by atoms with Crippen molar-refractivity contribution in [1.82, 2.24) is 0 Å². The standard InChI is InChI=1S/C23H26N2/c1-22(2,3)21-10-8-17(9-11-21)6-7-18-12-19(20(15-24)16-25)14-23(4,5)13-18/h6-12H,13-14H2,1-5H3/b7-6+. The molecule has 128 valence electrons. The fourth-order valence-corrected chi connectivity index (χ4v) is 3.19. The molecule has 0 spiro atoms. The lowest BCUT2D eigenvalue weighted by atomic mass is 9.74. The van der Waals surface area contributed by atoms with Crippen LogP contribution in [0, 0.1) is 28.1 Å². The number of hydrogen-bond donors (Lipinski definition) is 0. The van der Waals surface area contributed by atoms with Crippen LogP contribution >= 0.6 is 0 Å². The molecule has 25 heavy (non-hydrogen) atoms. The molecule has 2 rings (SSSR count). The van der Waals surface area contributed by atoms with Gasteiger partial charge in [0.05, 0.1) is 0 Å². The lowest BCUT2D eigenvalue weighted by Crippen LogP contribution is -2.17. The van der Waals surface area contributed by atoms with Gasteiger partial charge in [-0.15, -0.1) is 0 Å². The Morgan fingerprint density at radius 2 is 1.60 bits per heavy atom. The van der Waals surface area contributed by atoms with E-state index in [0.29, 0.717) is 0 Å². The second-order valence-corrected chi connectivity index (χ2v) is 8.57. The van der Waals surface area contributed by atoms with Gasteiger partial charge in [-0.1, -0.05) is 77.1 Å². The first kappa shape index (κ1) is 18.8. The monoisotopic (exact) mass is 330 g/mol. The third-order valence-corrected chi connectivity index (χ3v) is 4.52. The molecule has 0 fully saturated rings. The number of benzene rings is 1. The van der Waals surface area contributed by atoms with Crippen molar-refractivity contribution in [2.75, 3.05) is 0 Å². The van der Waals surface area contributed by atoms with Crippen LogP contribution in [0.1, 0.15) is 58.6 Å². The lowest BCUT2D eigenvalue weighted by molar-refractivity contribution is 0.354. The highest BCUT2D eigenvalue weighted by atomic mass is 14.3. The van der Waals surface area contributed by atoms with Crippen molar-refractivity contribution in [2.45, 2.75) is 52.9 Å². The highest BCUT2D eigenvalue weighted by molar-refractivity contribution is 5.56. The largest absolute Gasteiger partial charge is 0.192 e. The summed E-state index contributed by atoms with van der Waals surface area (Å²) in [6, 6.07) is 12.7. The Morgan fingerprint density at radius 1 is 1.00 bits per heavy atom. The van der Waals surface area contributed by atoms with E-state index in [9.17, 15) is 0 Å². The number of nitriles is 2. The molecule has 0 aromatic heterocycles. The zero-order valence-electron chi connectivity index (χ0n) is 15.9.